The average molecular weight is 395 g/mol. The Bertz CT molecular complexity index is 999. The SMILES string of the molecule is CSc1cccc(N2C[C@@H](C(=O)N[C@H](C)c3nc4ccccc4[nH]3)CC2=O)c1. The van der Waals surface area contributed by atoms with E-state index >= 15 is 0 Å². The molecule has 2 aromatic carbocycles. The minimum atomic E-state index is -0.364. The minimum absolute atomic E-state index is 0.0187. The molecule has 1 aliphatic heterocycles. The summed E-state index contributed by atoms with van der Waals surface area (Å²) in [6.45, 7) is 2.29. The molecular formula is C21H22N4O2S. The van der Waals surface area contributed by atoms with Crippen LogP contribution in [0.25, 0.3) is 11.0 Å². The second-order valence-corrected chi connectivity index (χ2v) is 7.86. The van der Waals surface area contributed by atoms with Gasteiger partial charge in [0.05, 0.1) is 23.0 Å². The van der Waals surface area contributed by atoms with Crippen molar-refractivity contribution in [1.82, 2.24) is 15.3 Å². The molecule has 1 saturated heterocycles. The summed E-state index contributed by atoms with van der Waals surface area (Å²) in [5.41, 5.74) is 2.65. The lowest BCUT2D eigenvalue weighted by Gasteiger charge is -2.18. The number of H-pyrrole nitrogens is 1. The number of carbonyl (C=O) groups excluding carboxylic acids is 2. The van der Waals surface area contributed by atoms with E-state index in [9.17, 15) is 9.59 Å². The van der Waals surface area contributed by atoms with Crippen LogP contribution in [-0.2, 0) is 9.59 Å². The van der Waals surface area contributed by atoms with Crippen LogP contribution in [0.2, 0.25) is 0 Å². The molecule has 1 aliphatic rings. The van der Waals surface area contributed by atoms with Crippen LogP contribution in [0.15, 0.2) is 53.4 Å². The number of nitrogens with one attached hydrogen (secondary N) is 2. The standard InChI is InChI=1S/C21H22N4O2S/c1-13(20-23-17-8-3-4-9-18(17)24-20)22-21(27)14-10-19(26)25(12-14)15-6-5-7-16(11-15)28-2/h3-9,11,13-14H,10,12H2,1-2H3,(H,22,27)(H,23,24)/t13-,14+/m1/s1. The summed E-state index contributed by atoms with van der Waals surface area (Å²) in [5, 5.41) is 3.00. The van der Waals surface area contributed by atoms with Crippen molar-refractivity contribution in [2.24, 2.45) is 5.92 Å². The summed E-state index contributed by atoms with van der Waals surface area (Å²) in [7, 11) is 0. The molecule has 6 nitrogen and oxygen atoms in total. The van der Waals surface area contributed by atoms with Gasteiger partial charge in [-0.25, -0.2) is 4.98 Å². The summed E-state index contributed by atoms with van der Waals surface area (Å²) < 4.78 is 0. The minimum Gasteiger partial charge on any atom is -0.346 e. The van der Waals surface area contributed by atoms with Crippen molar-refractivity contribution >= 4 is 40.3 Å². The number of fused-ring (bicyclic) bond motifs is 1. The third-order valence-electron chi connectivity index (χ3n) is 5.04. The number of aromatic amines is 1. The molecule has 28 heavy (non-hydrogen) atoms. The zero-order valence-corrected chi connectivity index (χ0v) is 16.6. The zero-order valence-electron chi connectivity index (χ0n) is 15.8. The number of benzene rings is 2. The first-order chi connectivity index (χ1) is 13.5. The number of aromatic nitrogens is 2. The topological polar surface area (TPSA) is 78.1 Å². The highest BCUT2D eigenvalue weighted by Crippen LogP contribution is 2.28. The predicted octanol–water partition coefficient (Wildman–Crippen LogP) is 3.52. The Hall–Kier alpha value is -2.80. The zero-order chi connectivity index (χ0) is 19.7. The van der Waals surface area contributed by atoms with E-state index in [0.717, 1.165) is 21.6 Å². The maximum atomic E-state index is 12.8. The molecular weight excluding hydrogens is 372 g/mol. The van der Waals surface area contributed by atoms with E-state index in [1.807, 2.05) is 61.7 Å². The molecule has 1 aromatic heterocycles. The van der Waals surface area contributed by atoms with Gasteiger partial charge >= 0.3 is 0 Å². The summed E-state index contributed by atoms with van der Waals surface area (Å²) in [6, 6.07) is 15.3. The van der Waals surface area contributed by atoms with Gasteiger partial charge < -0.3 is 15.2 Å². The van der Waals surface area contributed by atoms with Crippen molar-refractivity contribution in [3.05, 3.63) is 54.4 Å². The number of nitrogens with zero attached hydrogens (tertiary/aromatic N) is 2. The normalized spacial score (nSPS) is 17.9. The number of amides is 2. The molecule has 0 aliphatic carbocycles. The third-order valence-corrected chi connectivity index (χ3v) is 5.76. The first-order valence-corrected chi connectivity index (χ1v) is 10.5. The first kappa shape index (κ1) is 18.6. The monoisotopic (exact) mass is 394 g/mol. The van der Waals surface area contributed by atoms with Gasteiger partial charge in [-0.05, 0) is 43.5 Å². The maximum Gasteiger partial charge on any atom is 0.227 e. The molecule has 1 fully saturated rings. The molecule has 0 bridgehead atoms. The van der Waals surface area contributed by atoms with Crippen LogP contribution in [0.5, 0.6) is 0 Å². The van der Waals surface area contributed by atoms with E-state index in [-0.39, 0.29) is 30.2 Å². The van der Waals surface area contributed by atoms with Crippen LogP contribution < -0.4 is 10.2 Å². The Balaban J connectivity index is 1.44. The van der Waals surface area contributed by atoms with E-state index in [4.69, 9.17) is 0 Å². The van der Waals surface area contributed by atoms with E-state index in [1.54, 1.807) is 16.7 Å². The lowest BCUT2D eigenvalue weighted by Crippen LogP contribution is -2.35. The van der Waals surface area contributed by atoms with Crippen LogP contribution >= 0.6 is 11.8 Å². The molecule has 2 N–H and O–H groups in total. The summed E-state index contributed by atoms with van der Waals surface area (Å²) >= 11 is 1.63. The summed E-state index contributed by atoms with van der Waals surface area (Å²) in [6.07, 6.45) is 2.22. The Morgan fingerprint density at radius 1 is 1.29 bits per heavy atom. The van der Waals surface area contributed by atoms with Gasteiger partial charge in [0.25, 0.3) is 0 Å². The molecule has 0 saturated carbocycles. The smallest absolute Gasteiger partial charge is 0.227 e. The number of imidazole rings is 1. The lowest BCUT2D eigenvalue weighted by atomic mass is 10.1. The summed E-state index contributed by atoms with van der Waals surface area (Å²) in [4.78, 5) is 35.8. The second-order valence-electron chi connectivity index (χ2n) is 6.98. The van der Waals surface area contributed by atoms with Crippen LogP contribution in [0, 0.1) is 5.92 Å². The fourth-order valence-electron chi connectivity index (χ4n) is 3.49. The first-order valence-electron chi connectivity index (χ1n) is 9.24. The molecule has 0 spiro atoms. The lowest BCUT2D eigenvalue weighted by molar-refractivity contribution is -0.126. The van der Waals surface area contributed by atoms with Crippen molar-refractivity contribution in [2.45, 2.75) is 24.3 Å². The summed E-state index contributed by atoms with van der Waals surface area (Å²) in [5.74, 6) is 0.209. The van der Waals surface area contributed by atoms with Gasteiger partial charge in [-0.2, -0.15) is 0 Å². The van der Waals surface area contributed by atoms with Gasteiger partial charge in [0, 0.05) is 23.5 Å². The number of anilines is 1. The van der Waals surface area contributed by atoms with Gasteiger partial charge in [0.15, 0.2) is 0 Å². The van der Waals surface area contributed by atoms with E-state index in [1.165, 1.54) is 0 Å². The number of hydrogen-bond donors (Lipinski definition) is 2. The Kier molecular flexibility index (Phi) is 5.09. The molecule has 7 heteroatoms. The Morgan fingerprint density at radius 3 is 2.89 bits per heavy atom. The van der Waals surface area contributed by atoms with Crippen molar-refractivity contribution < 1.29 is 9.59 Å². The van der Waals surface area contributed by atoms with Crippen molar-refractivity contribution in [3.63, 3.8) is 0 Å². The number of thioether (sulfide) groups is 1. The maximum absolute atomic E-state index is 12.8. The van der Waals surface area contributed by atoms with Crippen molar-refractivity contribution in [1.29, 1.82) is 0 Å². The van der Waals surface area contributed by atoms with E-state index in [2.05, 4.69) is 15.3 Å². The Labute approximate surface area is 167 Å². The van der Waals surface area contributed by atoms with Crippen LogP contribution in [0.1, 0.15) is 25.2 Å². The highest BCUT2D eigenvalue weighted by atomic mass is 32.2. The predicted molar refractivity (Wildman–Crippen MR) is 111 cm³/mol. The molecule has 144 valence electrons. The molecule has 2 amide bonds. The Morgan fingerprint density at radius 2 is 2.11 bits per heavy atom. The molecule has 2 heterocycles. The van der Waals surface area contributed by atoms with Gasteiger partial charge in [-0.1, -0.05) is 18.2 Å². The molecule has 2 atom stereocenters. The van der Waals surface area contributed by atoms with Gasteiger partial charge in [0.1, 0.15) is 5.82 Å². The average Bonchev–Trinajstić information content (AvgIpc) is 3.31. The molecule has 3 aromatic rings. The number of carbonyl (C=O) groups is 2. The molecule has 0 radical (unpaired) electrons. The van der Waals surface area contributed by atoms with Gasteiger partial charge in [-0.15, -0.1) is 11.8 Å². The molecule has 4 rings (SSSR count). The highest BCUT2D eigenvalue weighted by molar-refractivity contribution is 7.98. The van der Waals surface area contributed by atoms with E-state index < -0.39 is 0 Å². The van der Waals surface area contributed by atoms with Crippen LogP contribution in [-0.4, -0.2) is 34.6 Å². The van der Waals surface area contributed by atoms with Crippen LogP contribution in [0.4, 0.5) is 5.69 Å². The largest absolute Gasteiger partial charge is 0.346 e. The quantitative estimate of drug-likeness (QED) is 0.649. The highest BCUT2D eigenvalue weighted by Gasteiger charge is 2.35. The van der Waals surface area contributed by atoms with Crippen molar-refractivity contribution in [3.8, 4) is 0 Å². The number of para-hydroxylation sites is 2. The second kappa shape index (κ2) is 7.67. The third kappa shape index (κ3) is 3.62. The molecule has 0 unspecified atom stereocenters. The fourth-order valence-corrected chi connectivity index (χ4v) is 3.94. The number of hydrogen-bond acceptors (Lipinski definition) is 4. The fraction of sp³-hybridized carbons (Fsp3) is 0.286. The van der Waals surface area contributed by atoms with Crippen LogP contribution in [0.3, 0.4) is 0 Å². The van der Waals surface area contributed by atoms with Gasteiger partial charge in [-0.3, -0.25) is 9.59 Å². The van der Waals surface area contributed by atoms with E-state index in [0.29, 0.717) is 12.4 Å². The van der Waals surface area contributed by atoms with Crippen molar-refractivity contribution in [2.75, 3.05) is 17.7 Å². The number of rotatable bonds is 5. The van der Waals surface area contributed by atoms with Gasteiger partial charge in [0.2, 0.25) is 11.8 Å².